The minimum atomic E-state index is 0.418. The number of hydrogen-bond acceptors (Lipinski definition) is 4. The van der Waals surface area contributed by atoms with Crippen LogP contribution in [-0.2, 0) is 0 Å². The van der Waals surface area contributed by atoms with E-state index in [1.807, 2.05) is 12.1 Å². The maximum Gasteiger partial charge on any atom is 0.162 e. The summed E-state index contributed by atoms with van der Waals surface area (Å²) in [5.74, 6) is 2.22. The summed E-state index contributed by atoms with van der Waals surface area (Å²) in [6.45, 7) is 5.45. The molecule has 0 saturated heterocycles. The van der Waals surface area contributed by atoms with Gasteiger partial charge in [-0.3, -0.25) is 0 Å². The highest BCUT2D eigenvalue weighted by Gasteiger charge is 2.27. The number of nitrogens with two attached hydrogens (primary N) is 1. The normalized spacial score (nSPS) is 14.6. The van der Waals surface area contributed by atoms with Gasteiger partial charge in [-0.1, -0.05) is 0 Å². The van der Waals surface area contributed by atoms with E-state index in [0.717, 1.165) is 29.6 Å². The van der Waals surface area contributed by atoms with Crippen molar-refractivity contribution >= 4 is 11.4 Å². The van der Waals surface area contributed by atoms with Gasteiger partial charge in [-0.15, -0.1) is 0 Å². The van der Waals surface area contributed by atoms with Crippen molar-refractivity contribution < 1.29 is 9.47 Å². The van der Waals surface area contributed by atoms with Crippen LogP contribution < -0.4 is 20.1 Å². The Hall–Kier alpha value is -1.58. The monoisotopic (exact) mass is 264 g/mol. The first kappa shape index (κ1) is 13.8. The van der Waals surface area contributed by atoms with Gasteiger partial charge in [-0.25, -0.2) is 0 Å². The van der Waals surface area contributed by atoms with Crippen molar-refractivity contribution in [2.45, 2.75) is 32.7 Å². The average Bonchev–Trinajstić information content (AvgIpc) is 3.19. The lowest BCUT2D eigenvalue weighted by atomic mass is 10.1. The second kappa shape index (κ2) is 5.59. The van der Waals surface area contributed by atoms with Crippen molar-refractivity contribution in [3.05, 3.63) is 12.1 Å². The minimum absolute atomic E-state index is 0.418. The lowest BCUT2D eigenvalue weighted by Gasteiger charge is -2.31. The van der Waals surface area contributed by atoms with Crippen molar-refractivity contribution in [2.75, 3.05) is 31.4 Å². The summed E-state index contributed by atoms with van der Waals surface area (Å²) in [6, 6.07) is 4.24. The van der Waals surface area contributed by atoms with Gasteiger partial charge in [0.15, 0.2) is 11.5 Å². The molecular formula is C15H24N2O2. The Balaban J connectivity index is 2.34. The highest BCUT2D eigenvalue weighted by molar-refractivity contribution is 5.73. The van der Waals surface area contributed by atoms with E-state index in [1.165, 1.54) is 12.8 Å². The molecule has 19 heavy (non-hydrogen) atoms. The van der Waals surface area contributed by atoms with Crippen LogP contribution >= 0.6 is 0 Å². The van der Waals surface area contributed by atoms with Gasteiger partial charge in [0.1, 0.15) is 0 Å². The predicted molar refractivity (Wildman–Crippen MR) is 79.2 cm³/mol. The summed E-state index contributed by atoms with van der Waals surface area (Å²) in [4.78, 5) is 2.36. The Kier molecular flexibility index (Phi) is 4.08. The van der Waals surface area contributed by atoms with Crippen LogP contribution in [0, 0.1) is 5.92 Å². The van der Waals surface area contributed by atoms with E-state index in [-0.39, 0.29) is 0 Å². The Morgan fingerprint density at radius 2 is 1.79 bits per heavy atom. The summed E-state index contributed by atoms with van der Waals surface area (Å²) >= 11 is 0. The molecule has 4 nitrogen and oxygen atoms in total. The summed E-state index contributed by atoms with van der Waals surface area (Å²) in [6.07, 6.45) is 2.66. The van der Waals surface area contributed by atoms with Gasteiger partial charge in [0.25, 0.3) is 0 Å². The SMILES string of the molecule is COc1cc(N)c(N(CC2CC2)C(C)C)cc1OC. The number of nitrogens with zero attached hydrogens (tertiary/aromatic N) is 1. The van der Waals surface area contributed by atoms with Crippen LogP contribution in [0.3, 0.4) is 0 Å². The molecule has 1 saturated carbocycles. The smallest absolute Gasteiger partial charge is 0.162 e. The first-order valence-corrected chi connectivity index (χ1v) is 6.85. The molecule has 0 heterocycles. The van der Waals surface area contributed by atoms with E-state index in [2.05, 4.69) is 18.7 Å². The fourth-order valence-corrected chi connectivity index (χ4v) is 2.30. The average molecular weight is 264 g/mol. The van der Waals surface area contributed by atoms with Crippen molar-refractivity contribution in [2.24, 2.45) is 5.92 Å². The van der Waals surface area contributed by atoms with E-state index < -0.39 is 0 Å². The molecule has 0 spiro atoms. The summed E-state index contributed by atoms with van der Waals surface area (Å²) in [5.41, 5.74) is 7.96. The number of nitrogen functional groups attached to an aromatic ring is 1. The maximum atomic E-state index is 6.18. The largest absolute Gasteiger partial charge is 0.493 e. The van der Waals surface area contributed by atoms with Gasteiger partial charge in [0.2, 0.25) is 0 Å². The summed E-state index contributed by atoms with van der Waals surface area (Å²) < 4.78 is 10.7. The Morgan fingerprint density at radius 1 is 1.21 bits per heavy atom. The van der Waals surface area contributed by atoms with Crippen LogP contribution in [0.1, 0.15) is 26.7 Å². The molecule has 0 unspecified atom stereocenters. The molecule has 0 aromatic heterocycles. The van der Waals surface area contributed by atoms with Crippen LogP contribution in [0.5, 0.6) is 11.5 Å². The standard InChI is InChI=1S/C15H24N2O2/c1-10(2)17(9-11-5-6-11)13-8-15(19-4)14(18-3)7-12(13)16/h7-8,10-11H,5-6,9,16H2,1-4H3. The van der Waals surface area contributed by atoms with Gasteiger partial charge in [0.05, 0.1) is 25.6 Å². The summed E-state index contributed by atoms with van der Waals surface area (Å²) in [5, 5.41) is 0. The van der Waals surface area contributed by atoms with E-state index in [0.29, 0.717) is 11.8 Å². The molecule has 0 bridgehead atoms. The quantitative estimate of drug-likeness (QED) is 0.803. The van der Waals surface area contributed by atoms with Gasteiger partial charge in [-0.05, 0) is 32.6 Å². The molecule has 0 amide bonds. The molecule has 0 atom stereocenters. The summed E-state index contributed by atoms with van der Waals surface area (Å²) in [7, 11) is 3.28. The second-order valence-corrected chi connectivity index (χ2v) is 5.46. The van der Waals surface area contributed by atoms with Crippen LogP contribution in [-0.4, -0.2) is 26.8 Å². The molecular weight excluding hydrogens is 240 g/mol. The highest BCUT2D eigenvalue weighted by Crippen LogP contribution is 2.39. The highest BCUT2D eigenvalue weighted by atomic mass is 16.5. The molecule has 0 radical (unpaired) electrons. The van der Waals surface area contributed by atoms with Gasteiger partial charge in [-0.2, -0.15) is 0 Å². The van der Waals surface area contributed by atoms with Crippen molar-refractivity contribution in [1.29, 1.82) is 0 Å². The molecule has 1 aromatic carbocycles. The Bertz CT molecular complexity index is 442. The van der Waals surface area contributed by atoms with Crippen LogP contribution in [0.4, 0.5) is 11.4 Å². The first-order valence-electron chi connectivity index (χ1n) is 6.85. The fraction of sp³-hybridized carbons (Fsp3) is 0.600. The zero-order valence-electron chi connectivity index (χ0n) is 12.3. The topological polar surface area (TPSA) is 47.7 Å². The molecule has 1 aromatic rings. The Morgan fingerprint density at radius 3 is 2.26 bits per heavy atom. The number of hydrogen-bond donors (Lipinski definition) is 1. The number of methoxy groups -OCH3 is 2. The molecule has 1 fully saturated rings. The third kappa shape index (κ3) is 3.06. The van der Waals surface area contributed by atoms with E-state index in [9.17, 15) is 0 Å². The van der Waals surface area contributed by atoms with E-state index in [4.69, 9.17) is 15.2 Å². The zero-order chi connectivity index (χ0) is 14.0. The van der Waals surface area contributed by atoms with E-state index in [1.54, 1.807) is 14.2 Å². The second-order valence-electron chi connectivity index (χ2n) is 5.46. The number of anilines is 2. The van der Waals surface area contributed by atoms with Crippen molar-refractivity contribution in [3.8, 4) is 11.5 Å². The molecule has 1 aliphatic carbocycles. The third-order valence-corrected chi connectivity index (χ3v) is 3.62. The third-order valence-electron chi connectivity index (χ3n) is 3.62. The Labute approximate surface area is 115 Å². The van der Waals surface area contributed by atoms with Gasteiger partial charge in [0, 0.05) is 24.7 Å². The van der Waals surface area contributed by atoms with Crippen LogP contribution in [0.25, 0.3) is 0 Å². The molecule has 106 valence electrons. The predicted octanol–water partition coefficient (Wildman–Crippen LogP) is 2.91. The zero-order valence-corrected chi connectivity index (χ0v) is 12.3. The van der Waals surface area contributed by atoms with Crippen LogP contribution in [0.2, 0.25) is 0 Å². The van der Waals surface area contributed by atoms with Gasteiger partial charge >= 0.3 is 0 Å². The minimum Gasteiger partial charge on any atom is -0.493 e. The van der Waals surface area contributed by atoms with E-state index >= 15 is 0 Å². The van der Waals surface area contributed by atoms with Crippen molar-refractivity contribution in [1.82, 2.24) is 0 Å². The molecule has 2 N–H and O–H groups in total. The maximum absolute atomic E-state index is 6.18. The van der Waals surface area contributed by atoms with Gasteiger partial charge < -0.3 is 20.1 Å². The molecule has 4 heteroatoms. The lowest BCUT2D eigenvalue weighted by molar-refractivity contribution is 0.355. The van der Waals surface area contributed by atoms with Crippen LogP contribution in [0.15, 0.2) is 12.1 Å². The molecule has 0 aliphatic heterocycles. The van der Waals surface area contributed by atoms with Crippen molar-refractivity contribution in [3.63, 3.8) is 0 Å². The first-order chi connectivity index (χ1) is 9.06. The number of rotatable bonds is 6. The molecule has 2 rings (SSSR count). The lowest BCUT2D eigenvalue weighted by Crippen LogP contribution is -2.33. The molecule has 1 aliphatic rings. The number of ether oxygens (including phenoxy) is 2. The fourth-order valence-electron chi connectivity index (χ4n) is 2.30. The number of benzene rings is 1.